The van der Waals surface area contributed by atoms with Gasteiger partial charge in [0.05, 0.1) is 14.2 Å². The average molecular weight is 315 g/mol. The summed E-state index contributed by atoms with van der Waals surface area (Å²) in [6.45, 7) is 1.51. The maximum absolute atomic E-state index is 12.3. The third-order valence-electron chi connectivity index (χ3n) is 4.19. The molecule has 1 aliphatic heterocycles. The van der Waals surface area contributed by atoms with E-state index in [2.05, 4.69) is 4.98 Å². The van der Waals surface area contributed by atoms with Crippen LogP contribution in [0.5, 0.6) is 11.5 Å². The first-order valence-corrected chi connectivity index (χ1v) is 7.59. The average Bonchev–Trinajstić information content (AvgIpc) is 2.95. The number of hydrogen-bond acceptors (Lipinski definition) is 4. The highest BCUT2D eigenvalue weighted by atomic mass is 16.5. The summed E-state index contributed by atoms with van der Waals surface area (Å²) in [5, 5.41) is 0. The van der Waals surface area contributed by atoms with Crippen molar-refractivity contribution in [3.05, 3.63) is 42.0 Å². The molecule has 2 aromatic rings. The highest BCUT2D eigenvalue weighted by molar-refractivity contribution is 5.91. The van der Waals surface area contributed by atoms with E-state index in [1.54, 1.807) is 31.2 Å². The van der Waals surface area contributed by atoms with Crippen molar-refractivity contribution in [2.75, 3.05) is 27.3 Å². The van der Waals surface area contributed by atoms with Crippen LogP contribution >= 0.6 is 0 Å². The number of likely N-dealkylation sites (tertiary alicyclic amines) is 1. The van der Waals surface area contributed by atoms with Crippen LogP contribution in [0.15, 0.2) is 30.6 Å². The van der Waals surface area contributed by atoms with Gasteiger partial charge in [-0.25, -0.2) is 4.98 Å². The minimum atomic E-state index is -0.00280. The maximum atomic E-state index is 12.3. The van der Waals surface area contributed by atoms with E-state index in [0.29, 0.717) is 11.7 Å². The first-order chi connectivity index (χ1) is 11.1. The molecule has 0 unspecified atom stereocenters. The Kier molecular flexibility index (Phi) is 4.23. The van der Waals surface area contributed by atoms with Crippen molar-refractivity contribution in [3.63, 3.8) is 0 Å². The Morgan fingerprint density at radius 3 is 2.39 bits per heavy atom. The molecule has 1 aromatic heterocycles. The molecular weight excluding hydrogens is 294 g/mol. The number of nitrogens with zero attached hydrogens (tertiary/aromatic N) is 3. The minimum absolute atomic E-state index is 0.00280. The summed E-state index contributed by atoms with van der Waals surface area (Å²) in [6.07, 6.45) is 4.33. The highest BCUT2D eigenvalue weighted by Gasteiger charge is 2.32. The molecule has 0 saturated carbocycles. The van der Waals surface area contributed by atoms with Gasteiger partial charge in [0.1, 0.15) is 11.5 Å². The number of ether oxygens (including phenoxy) is 2. The summed E-state index contributed by atoms with van der Waals surface area (Å²) < 4.78 is 12.3. The van der Waals surface area contributed by atoms with Crippen molar-refractivity contribution >= 4 is 5.91 Å². The van der Waals surface area contributed by atoms with Crippen LogP contribution in [0, 0.1) is 5.92 Å². The summed E-state index contributed by atoms with van der Waals surface area (Å²) in [6, 6.07) is 5.90. The second-order valence-electron chi connectivity index (χ2n) is 5.86. The number of hydrogen-bond donors (Lipinski definition) is 0. The van der Waals surface area contributed by atoms with Crippen LogP contribution in [0.1, 0.15) is 16.2 Å². The normalized spacial score (nSPS) is 14.5. The summed E-state index contributed by atoms with van der Waals surface area (Å²) >= 11 is 0. The van der Waals surface area contributed by atoms with E-state index in [1.165, 1.54) is 0 Å². The lowest BCUT2D eigenvalue weighted by atomic mass is 9.92. The summed E-state index contributed by atoms with van der Waals surface area (Å²) in [5.41, 5.74) is 1.16. The molecule has 6 heteroatoms. The predicted octanol–water partition coefficient (Wildman–Crippen LogP) is 1.75. The van der Waals surface area contributed by atoms with Gasteiger partial charge in [-0.15, -0.1) is 0 Å². The Hall–Kier alpha value is -2.50. The van der Waals surface area contributed by atoms with E-state index in [0.717, 1.165) is 36.6 Å². The fourth-order valence-corrected chi connectivity index (χ4v) is 2.90. The Labute approximate surface area is 135 Å². The standard InChI is InChI=1S/C17H21N3O3/c1-19-5-4-18-16(19)17(21)20-10-13(11-20)6-12-7-14(22-2)9-15(8-12)23-3/h4-5,7-9,13H,6,10-11H2,1-3H3. The smallest absolute Gasteiger partial charge is 0.289 e. The third-order valence-corrected chi connectivity index (χ3v) is 4.19. The number of aromatic nitrogens is 2. The topological polar surface area (TPSA) is 56.6 Å². The zero-order valence-electron chi connectivity index (χ0n) is 13.7. The SMILES string of the molecule is COc1cc(CC2CN(C(=O)c3nccn3C)C2)cc(OC)c1. The zero-order valence-corrected chi connectivity index (χ0v) is 13.7. The van der Waals surface area contributed by atoms with Crippen molar-refractivity contribution in [2.24, 2.45) is 13.0 Å². The van der Waals surface area contributed by atoms with Crippen LogP contribution in [-0.2, 0) is 13.5 Å². The molecule has 0 N–H and O–H groups in total. The van der Waals surface area contributed by atoms with E-state index in [1.807, 2.05) is 30.1 Å². The van der Waals surface area contributed by atoms with Gasteiger partial charge in [-0.3, -0.25) is 4.79 Å². The Morgan fingerprint density at radius 1 is 1.22 bits per heavy atom. The second-order valence-corrected chi connectivity index (χ2v) is 5.86. The molecule has 6 nitrogen and oxygen atoms in total. The molecule has 0 spiro atoms. The minimum Gasteiger partial charge on any atom is -0.497 e. The number of amides is 1. The second kappa shape index (κ2) is 6.32. The lowest BCUT2D eigenvalue weighted by Crippen LogP contribution is -2.51. The van der Waals surface area contributed by atoms with E-state index in [9.17, 15) is 4.79 Å². The number of aryl methyl sites for hydroxylation is 1. The van der Waals surface area contributed by atoms with Gasteiger partial charge in [-0.2, -0.15) is 0 Å². The molecule has 23 heavy (non-hydrogen) atoms. The van der Waals surface area contributed by atoms with Gasteiger partial charge in [0.25, 0.3) is 5.91 Å². The fraction of sp³-hybridized carbons (Fsp3) is 0.412. The first kappa shape index (κ1) is 15.4. The molecule has 1 amide bonds. The number of carbonyl (C=O) groups is 1. The molecule has 122 valence electrons. The Bertz CT molecular complexity index is 683. The van der Waals surface area contributed by atoms with E-state index in [-0.39, 0.29) is 5.91 Å². The van der Waals surface area contributed by atoms with Crippen molar-refractivity contribution in [1.29, 1.82) is 0 Å². The van der Waals surface area contributed by atoms with Gasteiger partial charge in [0.15, 0.2) is 5.82 Å². The number of methoxy groups -OCH3 is 2. The summed E-state index contributed by atoms with van der Waals surface area (Å²) in [4.78, 5) is 18.3. The number of imidazole rings is 1. The molecule has 0 aliphatic carbocycles. The van der Waals surface area contributed by atoms with Crippen LogP contribution in [0.25, 0.3) is 0 Å². The molecule has 2 heterocycles. The van der Waals surface area contributed by atoms with Gasteiger partial charge < -0.3 is 18.9 Å². The molecule has 3 rings (SSSR count). The predicted molar refractivity (Wildman–Crippen MR) is 85.9 cm³/mol. The summed E-state index contributed by atoms with van der Waals surface area (Å²) in [5.74, 6) is 2.53. The molecule has 0 atom stereocenters. The van der Waals surface area contributed by atoms with Crippen molar-refractivity contribution < 1.29 is 14.3 Å². The molecular formula is C17H21N3O3. The number of rotatable bonds is 5. The van der Waals surface area contributed by atoms with Crippen LogP contribution in [0.4, 0.5) is 0 Å². The van der Waals surface area contributed by atoms with Crippen molar-refractivity contribution in [3.8, 4) is 11.5 Å². The molecule has 1 aliphatic rings. The highest BCUT2D eigenvalue weighted by Crippen LogP contribution is 2.27. The maximum Gasteiger partial charge on any atom is 0.289 e. The van der Waals surface area contributed by atoms with Crippen LogP contribution < -0.4 is 9.47 Å². The quantitative estimate of drug-likeness (QED) is 0.843. The number of benzene rings is 1. The van der Waals surface area contributed by atoms with Crippen LogP contribution in [0.2, 0.25) is 0 Å². The monoisotopic (exact) mass is 315 g/mol. The van der Waals surface area contributed by atoms with Gasteiger partial charge in [0.2, 0.25) is 0 Å². The van der Waals surface area contributed by atoms with E-state index < -0.39 is 0 Å². The van der Waals surface area contributed by atoms with Gasteiger partial charge in [0, 0.05) is 38.6 Å². The van der Waals surface area contributed by atoms with Crippen molar-refractivity contribution in [1.82, 2.24) is 14.5 Å². The van der Waals surface area contributed by atoms with Crippen LogP contribution in [0.3, 0.4) is 0 Å². The molecule has 1 aromatic carbocycles. The first-order valence-electron chi connectivity index (χ1n) is 7.59. The molecule has 1 fully saturated rings. The van der Waals surface area contributed by atoms with Gasteiger partial charge >= 0.3 is 0 Å². The lowest BCUT2D eigenvalue weighted by Gasteiger charge is -2.39. The Balaban J connectivity index is 1.60. The van der Waals surface area contributed by atoms with E-state index in [4.69, 9.17) is 9.47 Å². The number of carbonyl (C=O) groups excluding carboxylic acids is 1. The van der Waals surface area contributed by atoms with Gasteiger partial charge in [-0.05, 0) is 30.0 Å². The molecule has 0 bridgehead atoms. The lowest BCUT2D eigenvalue weighted by molar-refractivity contribution is 0.0484. The van der Waals surface area contributed by atoms with Gasteiger partial charge in [-0.1, -0.05) is 0 Å². The van der Waals surface area contributed by atoms with Crippen molar-refractivity contribution in [2.45, 2.75) is 6.42 Å². The fourth-order valence-electron chi connectivity index (χ4n) is 2.90. The van der Waals surface area contributed by atoms with Crippen LogP contribution in [-0.4, -0.2) is 47.7 Å². The summed E-state index contributed by atoms with van der Waals surface area (Å²) in [7, 11) is 5.13. The largest absolute Gasteiger partial charge is 0.497 e. The third kappa shape index (κ3) is 3.16. The molecule has 1 saturated heterocycles. The molecule has 0 radical (unpaired) electrons. The Morgan fingerprint density at radius 2 is 1.87 bits per heavy atom. The van der Waals surface area contributed by atoms with E-state index >= 15 is 0 Å². The zero-order chi connectivity index (χ0) is 16.4.